The summed E-state index contributed by atoms with van der Waals surface area (Å²) >= 11 is 1.50. The molecule has 2 aromatic heterocycles. The Hall–Kier alpha value is -2.83. The van der Waals surface area contributed by atoms with Gasteiger partial charge in [-0.3, -0.25) is 4.79 Å². The van der Waals surface area contributed by atoms with E-state index in [1.807, 2.05) is 49.4 Å². The molecule has 0 saturated carbocycles. The van der Waals surface area contributed by atoms with Crippen molar-refractivity contribution in [3.63, 3.8) is 0 Å². The molecule has 0 amide bonds. The molecule has 4 rings (SSSR count). The molecule has 2 N–H and O–H groups in total. The van der Waals surface area contributed by atoms with Crippen LogP contribution in [0.2, 0.25) is 0 Å². The maximum atomic E-state index is 13.4. The molecule has 2 aromatic carbocycles. The van der Waals surface area contributed by atoms with Gasteiger partial charge in [-0.15, -0.1) is 11.3 Å². The number of rotatable bonds is 5. The molecule has 0 aliphatic rings. The van der Waals surface area contributed by atoms with Crippen molar-refractivity contribution >= 4 is 21.6 Å². The first kappa shape index (κ1) is 17.6. The molecular formula is C21H18FN3OS. The van der Waals surface area contributed by atoms with E-state index in [1.54, 1.807) is 6.07 Å². The van der Waals surface area contributed by atoms with Crippen LogP contribution in [-0.2, 0) is 6.54 Å². The molecule has 0 fully saturated rings. The smallest absolute Gasteiger partial charge is 0.259 e. The molecule has 0 bridgehead atoms. The molecule has 4 aromatic rings. The highest BCUT2D eigenvalue weighted by molar-refractivity contribution is 7.21. The van der Waals surface area contributed by atoms with Crippen LogP contribution in [0.5, 0.6) is 0 Å². The second-order valence-electron chi connectivity index (χ2n) is 6.37. The number of aromatic amines is 1. The molecule has 27 heavy (non-hydrogen) atoms. The van der Waals surface area contributed by atoms with E-state index >= 15 is 0 Å². The zero-order chi connectivity index (χ0) is 18.8. The van der Waals surface area contributed by atoms with E-state index in [0.717, 1.165) is 16.0 Å². The monoisotopic (exact) mass is 379 g/mol. The van der Waals surface area contributed by atoms with Crippen molar-refractivity contribution in [2.75, 3.05) is 0 Å². The summed E-state index contributed by atoms with van der Waals surface area (Å²) in [6.07, 6.45) is 0. The molecule has 0 saturated heterocycles. The van der Waals surface area contributed by atoms with Crippen LogP contribution < -0.4 is 10.9 Å². The average Bonchev–Trinajstić information content (AvgIpc) is 3.12. The standard InChI is InChI=1S/C21H18FN3OS/c1-13(15-8-5-9-16(22)10-15)23-12-19-24-20(26)17-11-18(27-21(17)25-19)14-6-3-2-4-7-14/h2-11,13,23H,12H2,1H3,(H,24,25,26). The summed E-state index contributed by atoms with van der Waals surface area (Å²) in [6.45, 7) is 2.34. The predicted molar refractivity (Wildman–Crippen MR) is 107 cm³/mol. The summed E-state index contributed by atoms with van der Waals surface area (Å²) in [4.78, 5) is 21.6. The van der Waals surface area contributed by atoms with Crippen LogP contribution >= 0.6 is 11.3 Å². The van der Waals surface area contributed by atoms with Gasteiger partial charge in [0.15, 0.2) is 0 Å². The van der Waals surface area contributed by atoms with Crippen molar-refractivity contribution in [2.24, 2.45) is 0 Å². The van der Waals surface area contributed by atoms with E-state index in [2.05, 4.69) is 15.3 Å². The largest absolute Gasteiger partial charge is 0.309 e. The normalized spacial score (nSPS) is 12.4. The molecule has 0 aliphatic carbocycles. The number of hydrogen-bond acceptors (Lipinski definition) is 4. The van der Waals surface area contributed by atoms with E-state index in [9.17, 15) is 9.18 Å². The molecule has 4 nitrogen and oxygen atoms in total. The van der Waals surface area contributed by atoms with Crippen LogP contribution in [0, 0.1) is 5.82 Å². The Kier molecular flexibility index (Phi) is 4.83. The number of nitrogens with one attached hydrogen (secondary N) is 2. The average molecular weight is 379 g/mol. The van der Waals surface area contributed by atoms with E-state index < -0.39 is 0 Å². The lowest BCUT2D eigenvalue weighted by molar-refractivity contribution is 0.552. The van der Waals surface area contributed by atoms with Crippen molar-refractivity contribution in [1.29, 1.82) is 0 Å². The third kappa shape index (κ3) is 3.82. The molecular weight excluding hydrogens is 361 g/mol. The lowest BCUT2D eigenvalue weighted by Crippen LogP contribution is -2.22. The van der Waals surface area contributed by atoms with Gasteiger partial charge in [0.25, 0.3) is 5.56 Å². The Morgan fingerprint density at radius 1 is 1.15 bits per heavy atom. The lowest BCUT2D eigenvalue weighted by Gasteiger charge is -2.13. The van der Waals surface area contributed by atoms with Gasteiger partial charge in [0.05, 0.1) is 11.9 Å². The lowest BCUT2D eigenvalue weighted by atomic mass is 10.1. The molecule has 6 heteroatoms. The van der Waals surface area contributed by atoms with E-state index in [-0.39, 0.29) is 17.4 Å². The van der Waals surface area contributed by atoms with Crippen LogP contribution in [0.1, 0.15) is 24.4 Å². The predicted octanol–water partition coefficient (Wildman–Crippen LogP) is 4.64. The summed E-state index contributed by atoms with van der Waals surface area (Å²) in [5.74, 6) is 0.304. The number of benzene rings is 2. The summed E-state index contributed by atoms with van der Waals surface area (Å²) in [7, 11) is 0. The maximum absolute atomic E-state index is 13.4. The molecule has 1 atom stereocenters. The van der Waals surface area contributed by atoms with E-state index in [0.29, 0.717) is 22.6 Å². The highest BCUT2D eigenvalue weighted by atomic mass is 32.1. The summed E-state index contributed by atoms with van der Waals surface area (Å²) < 4.78 is 13.4. The van der Waals surface area contributed by atoms with Crippen LogP contribution in [0.4, 0.5) is 4.39 Å². The number of fused-ring (bicyclic) bond motifs is 1. The van der Waals surface area contributed by atoms with Gasteiger partial charge in [-0.1, -0.05) is 42.5 Å². The summed E-state index contributed by atoms with van der Waals surface area (Å²) in [5, 5.41) is 3.88. The van der Waals surface area contributed by atoms with Crippen molar-refractivity contribution in [2.45, 2.75) is 19.5 Å². The van der Waals surface area contributed by atoms with Crippen molar-refractivity contribution in [1.82, 2.24) is 15.3 Å². The van der Waals surface area contributed by atoms with Crippen LogP contribution in [0.3, 0.4) is 0 Å². The SMILES string of the molecule is CC(NCc1nc2sc(-c3ccccc3)cc2c(=O)[nH]1)c1cccc(F)c1. The quantitative estimate of drug-likeness (QED) is 0.531. The van der Waals surface area contributed by atoms with Gasteiger partial charge in [-0.05, 0) is 36.2 Å². The number of nitrogens with zero attached hydrogens (tertiary/aromatic N) is 1. The summed E-state index contributed by atoms with van der Waals surface area (Å²) in [5.41, 5.74) is 1.77. The Morgan fingerprint density at radius 3 is 2.74 bits per heavy atom. The van der Waals surface area contributed by atoms with Gasteiger partial charge in [-0.25, -0.2) is 9.37 Å². The molecule has 136 valence electrons. The van der Waals surface area contributed by atoms with Gasteiger partial charge in [-0.2, -0.15) is 0 Å². The first-order valence-corrected chi connectivity index (χ1v) is 9.49. The van der Waals surface area contributed by atoms with Crippen LogP contribution in [0.15, 0.2) is 65.5 Å². The van der Waals surface area contributed by atoms with Crippen molar-refractivity contribution < 1.29 is 4.39 Å². The summed E-state index contributed by atoms with van der Waals surface area (Å²) in [6, 6.07) is 18.2. The molecule has 0 spiro atoms. The fraction of sp³-hybridized carbons (Fsp3) is 0.143. The zero-order valence-corrected chi connectivity index (χ0v) is 15.5. The minimum absolute atomic E-state index is 0.0649. The maximum Gasteiger partial charge on any atom is 0.259 e. The topological polar surface area (TPSA) is 57.8 Å². The molecule has 1 unspecified atom stereocenters. The number of halogens is 1. The van der Waals surface area contributed by atoms with Gasteiger partial charge in [0.2, 0.25) is 0 Å². The second-order valence-corrected chi connectivity index (χ2v) is 7.40. The third-order valence-corrected chi connectivity index (χ3v) is 5.51. The molecule has 2 heterocycles. The second kappa shape index (κ2) is 7.42. The van der Waals surface area contributed by atoms with Gasteiger partial charge < -0.3 is 10.3 Å². The Morgan fingerprint density at radius 2 is 1.96 bits per heavy atom. The van der Waals surface area contributed by atoms with Gasteiger partial charge in [0, 0.05) is 10.9 Å². The van der Waals surface area contributed by atoms with Crippen LogP contribution in [-0.4, -0.2) is 9.97 Å². The number of aromatic nitrogens is 2. The fourth-order valence-corrected chi connectivity index (χ4v) is 4.00. The Balaban J connectivity index is 1.57. The number of thiophene rings is 1. The number of H-pyrrole nitrogens is 1. The highest BCUT2D eigenvalue weighted by Gasteiger charge is 2.11. The minimum Gasteiger partial charge on any atom is -0.309 e. The first-order valence-electron chi connectivity index (χ1n) is 8.67. The molecule has 0 aliphatic heterocycles. The van der Waals surface area contributed by atoms with E-state index in [1.165, 1.54) is 23.5 Å². The molecule has 0 radical (unpaired) electrons. The van der Waals surface area contributed by atoms with Crippen molar-refractivity contribution in [3.8, 4) is 10.4 Å². The third-order valence-electron chi connectivity index (χ3n) is 4.43. The zero-order valence-electron chi connectivity index (χ0n) is 14.7. The van der Waals surface area contributed by atoms with Crippen LogP contribution in [0.25, 0.3) is 20.7 Å². The number of hydrogen-bond donors (Lipinski definition) is 2. The Labute approximate surface area is 159 Å². The van der Waals surface area contributed by atoms with Crippen molar-refractivity contribution in [3.05, 3.63) is 88.2 Å². The fourth-order valence-electron chi connectivity index (χ4n) is 2.95. The van der Waals surface area contributed by atoms with Gasteiger partial charge in [0.1, 0.15) is 16.5 Å². The minimum atomic E-state index is -0.263. The van der Waals surface area contributed by atoms with Gasteiger partial charge >= 0.3 is 0 Å². The Bertz CT molecular complexity index is 1140. The highest BCUT2D eigenvalue weighted by Crippen LogP contribution is 2.30. The first-order chi connectivity index (χ1) is 13.1. The van der Waals surface area contributed by atoms with E-state index in [4.69, 9.17) is 0 Å².